The van der Waals surface area contributed by atoms with Gasteiger partial charge in [-0.15, -0.1) is 0 Å². The monoisotopic (exact) mass is 213 g/mol. The second kappa shape index (κ2) is 4.05. The minimum atomic E-state index is -1.22. The minimum Gasteiger partial charge on any atom is -0.508 e. The lowest BCUT2D eigenvalue weighted by molar-refractivity contribution is -0.138. The van der Waals surface area contributed by atoms with Crippen molar-refractivity contribution >= 4 is 5.97 Å². The summed E-state index contributed by atoms with van der Waals surface area (Å²) in [5, 5.41) is 36.1. The van der Waals surface area contributed by atoms with Gasteiger partial charge in [0.2, 0.25) is 0 Å². The number of nitrogens with two attached hydrogens (primary N) is 1. The van der Waals surface area contributed by atoms with Gasteiger partial charge in [0.25, 0.3) is 0 Å². The quantitative estimate of drug-likeness (QED) is 0.348. The third-order valence-electron chi connectivity index (χ3n) is 1.91. The average molecular weight is 213 g/mol. The summed E-state index contributed by atoms with van der Waals surface area (Å²) in [6.07, 6.45) is -0.177. The minimum absolute atomic E-state index is 0.0856. The predicted molar refractivity (Wildman–Crippen MR) is 50.8 cm³/mol. The van der Waals surface area contributed by atoms with Gasteiger partial charge >= 0.3 is 5.97 Å². The zero-order valence-corrected chi connectivity index (χ0v) is 7.71. The van der Waals surface area contributed by atoms with Gasteiger partial charge in [-0.1, -0.05) is 0 Å². The Hall–Kier alpha value is -1.95. The number of rotatable bonds is 3. The Bertz CT molecular complexity index is 390. The van der Waals surface area contributed by atoms with E-state index < -0.39 is 23.5 Å². The molecular formula is C9H11NO5. The molecule has 0 amide bonds. The molecule has 0 aliphatic rings. The van der Waals surface area contributed by atoms with Crippen LogP contribution in [0.5, 0.6) is 17.2 Å². The summed E-state index contributed by atoms with van der Waals surface area (Å²) in [6, 6.07) is 0.903. The number of phenolic OH excluding ortho intramolecular Hbond substituents is 3. The van der Waals surface area contributed by atoms with E-state index in [-0.39, 0.29) is 17.7 Å². The van der Waals surface area contributed by atoms with Crippen molar-refractivity contribution in [3.05, 3.63) is 17.7 Å². The molecule has 0 unspecified atom stereocenters. The fourth-order valence-electron chi connectivity index (χ4n) is 1.14. The van der Waals surface area contributed by atoms with Crippen LogP contribution in [0.2, 0.25) is 0 Å². The SMILES string of the molecule is N[C@@H](Cc1cc(O)cc(O)c1O)C(=O)O. The first kappa shape index (κ1) is 11.1. The molecule has 6 nitrogen and oxygen atoms in total. The standard InChI is InChI=1S/C9H11NO5/c10-6(9(14)15)2-4-1-5(11)3-7(12)8(4)13/h1,3,6,11-13H,2,10H2,(H,14,15)/t6-/m0/s1. The highest BCUT2D eigenvalue weighted by Gasteiger charge is 2.17. The number of hydrogen-bond donors (Lipinski definition) is 5. The van der Waals surface area contributed by atoms with Gasteiger partial charge in [0.1, 0.15) is 11.8 Å². The molecule has 0 saturated heterocycles. The Morgan fingerprint density at radius 3 is 2.47 bits per heavy atom. The van der Waals surface area contributed by atoms with Crippen LogP contribution in [0.15, 0.2) is 12.1 Å². The van der Waals surface area contributed by atoms with Crippen molar-refractivity contribution in [2.45, 2.75) is 12.5 Å². The predicted octanol–water partition coefficient (Wildman–Crippen LogP) is -0.242. The number of phenols is 3. The van der Waals surface area contributed by atoms with Crippen LogP contribution in [0, 0.1) is 0 Å². The molecule has 0 saturated carbocycles. The lowest BCUT2D eigenvalue weighted by Gasteiger charge is -2.09. The van der Waals surface area contributed by atoms with Crippen LogP contribution >= 0.6 is 0 Å². The van der Waals surface area contributed by atoms with Crippen molar-refractivity contribution in [1.29, 1.82) is 0 Å². The van der Waals surface area contributed by atoms with Crippen molar-refractivity contribution in [1.82, 2.24) is 0 Å². The van der Waals surface area contributed by atoms with Crippen LogP contribution in [-0.2, 0) is 11.2 Å². The van der Waals surface area contributed by atoms with Crippen LogP contribution in [0.3, 0.4) is 0 Å². The van der Waals surface area contributed by atoms with Crippen molar-refractivity contribution < 1.29 is 25.2 Å². The number of carboxylic acids is 1. The summed E-state index contributed by atoms with van der Waals surface area (Å²) >= 11 is 0. The Morgan fingerprint density at radius 2 is 1.93 bits per heavy atom. The summed E-state index contributed by atoms with van der Waals surface area (Å²) in [7, 11) is 0. The summed E-state index contributed by atoms with van der Waals surface area (Å²) in [6.45, 7) is 0. The van der Waals surface area contributed by atoms with Gasteiger partial charge in [0.05, 0.1) is 0 Å². The van der Waals surface area contributed by atoms with Gasteiger partial charge in [-0.25, -0.2) is 0 Å². The summed E-state index contributed by atoms with van der Waals surface area (Å²) < 4.78 is 0. The number of carboxylic acid groups (broad SMARTS) is 1. The molecule has 0 bridgehead atoms. The van der Waals surface area contributed by atoms with Gasteiger partial charge in [0, 0.05) is 18.1 Å². The molecule has 1 aromatic carbocycles. The van der Waals surface area contributed by atoms with E-state index in [4.69, 9.17) is 21.1 Å². The highest BCUT2D eigenvalue weighted by atomic mass is 16.4. The summed E-state index contributed by atoms with van der Waals surface area (Å²) in [4.78, 5) is 10.5. The van der Waals surface area contributed by atoms with Gasteiger partial charge in [-0.3, -0.25) is 4.79 Å². The van der Waals surface area contributed by atoms with Crippen LogP contribution in [0.25, 0.3) is 0 Å². The summed E-state index contributed by atoms with van der Waals surface area (Å²) in [5.41, 5.74) is 5.33. The molecule has 6 heteroatoms. The van der Waals surface area contributed by atoms with Crippen molar-refractivity contribution in [3.8, 4) is 17.2 Å². The van der Waals surface area contributed by atoms with E-state index in [1.54, 1.807) is 0 Å². The molecule has 0 radical (unpaired) electrons. The van der Waals surface area contributed by atoms with Crippen molar-refractivity contribution in [2.75, 3.05) is 0 Å². The van der Waals surface area contributed by atoms with E-state index in [0.29, 0.717) is 0 Å². The van der Waals surface area contributed by atoms with Crippen LogP contribution in [0.1, 0.15) is 5.56 Å². The van der Waals surface area contributed by atoms with E-state index >= 15 is 0 Å². The van der Waals surface area contributed by atoms with Crippen molar-refractivity contribution in [3.63, 3.8) is 0 Å². The molecule has 1 atom stereocenters. The Kier molecular flexibility index (Phi) is 3.01. The maximum atomic E-state index is 10.5. The third-order valence-corrected chi connectivity index (χ3v) is 1.91. The molecule has 0 aromatic heterocycles. The molecular weight excluding hydrogens is 202 g/mol. The molecule has 15 heavy (non-hydrogen) atoms. The summed E-state index contributed by atoms with van der Waals surface area (Å²) in [5.74, 6) is -2.47. The fourth-order valence-corrected chi connectivity index (χ4v) is 1.14. The van der Waals surface area contributed by atoms with E-state index in [2.05, 4.69) is 0 Å². The molecule has 0 aliphatic carbocycles. The number of aromatic hydroxyl groups is 3. The second-order valence-electron chi connectivity index (χ2n) is 3.12. The zero-order valence-electron chi connectivity index (χ0n) is 7.71. The molecule has 6 N–H and O–H groups in total. The number of hydrogen-bond acceptors (Lipinski definition) is 5. The second-order valence-corrected chi connectivity index (χ2v) is 3.12. The molecule has 0 spiro atoms. The van der Waals surface area contributed by atoms with Gasteiger partial charge in [-0.05, 0) is 6.07 Å². The lowest BCUT2D eigenvalue weighted by atomic mass is 10.0. The maximum absolute atomic E-state index is 10.5. The fraction of sp³-hybridized carbons (Fsp3) is 0.222. The molecule has 1 rings (SSSR count). The zero-order chi connectivity index (χ0) is 11.6. The van der Waals surface area contributed by atoms with Crippen LogP contribution in [-0.4, -0.2) is 32.4 Å². The van der Waals surface area contributed by atoms with E-state index in [0.717, 1.165) is 12.1 Å². The molecule has 82 valence electrons. The first-order chi connectivity index (χ1) is 6.91. The van der Waals surface area contributed by atoms with Gasteiger partial charge in [0.15, 0.2) is 11.5 Å². The smallest absolute Gasteiger partial charge is 0.320 e. The van der Waals surface area contributed by atoms with E-state index in [9.17, 15) is 9.90 Å². The largest absolute Gasteiger partial charge is 0.508 e. The third kappa shape index (κ3) is 2.50. The molecule has 0 fully saturated rings. The first-order valence-electron chi connectivity index (χ1n) is 4.14. The van der Waals surface area contributed by atoms with Crippen molar-refractivity contribution in [2.24, 2.45) is 5.73 Å². The van der Waals surface area contributed by atoms with E-state index in [1.807, 2.05) is 0 Å². The lowest BCUT2D eigenvalue weighted by Crippen LogP contribution is -2.32. The Labute approximate surface area is 85.2 Å². The maximum Gasteiger partial charge on any atom is 0.320 e. The topological polar surface area (TPSA) is 124 Å². The number of carbonyl (C=O) groups is 1. The van der Waals surface area contributed by atoms with E-state index in [1.165, 1.54) is 0 Å². The first-order valence-corrected chi connectivity index (χ1v) is 4.14. The van der Waals surface area contributed by atoms with Gasteiger partial charge < -0.3 is 26.2 Å². The molecule has 1 aromatic rings. The Balaban J connectivity index is 2.99. The highest BCUT2D eigenvalue weighted by Crippen LogP contribution is 2.33. The van der Waals surface area contributed by atoms with Crippen LogP contribution < -0.4 is 5.73 Å². The number of aliphatic carboxylic acids is 1. The molecule has 0 heterocycles. The normalized spacial score (nSPS) is 12.3. The number of benzene rings is 1. The average Bonchev–Trinajstić information content (AvgIpc) is 2.13. The van der Waals surface area contributed by atoms with Gasteiger partial charge in [-0.2, -0.15) is 0 Å². The molecule has 0 aliphatic heterocycles. The highest BCUT2D eigenvalue weighted by molar-refractivity contribution is 5.73. The van der Waals surface area contributed by atoms with Crippen LogP contribution in [0.4, 0.5) is 0 Å². The Morgan fingerprint density at radius 1 is 1.33 bits per heavy atom.